The highest BCUT2D eigenvalue weighted by atomic mass is 32.2. The lowest BCUT2D eigenvalue weighted by Gasteiger charge is -2.22. The molecule has 108 valence electrons. The van der Waals surface area contributed by atoms with Crippen molar-refractivity contribution >= 4 is 10.0 Å². The minimum absolute atomic E-state index is 0.220. The molecule has 0 amide bonds. The molecule has 0 saturated carbocycles. The number of hydrogen-bond acceptors (Lipinski definition) is 4. The van der Waals surface area contributed by atoms with Gasteiger partial charge in [-0.1, -0.05) is 0 Å². The molecule has 1 aliphatic heterocycles. The van der Waals surface area contributed by atoms with E-state index in [-0.39, 0.29) is 5.75 Å². The quantitative estimate of drug-likeness (QED) is 0.785. The van der Waals surface area contributed by atoms with Gasteiger partial charge in [0.25, 0.3) is 0 Å². The van der Waals surface area contributed by atoms with E-state index in [1.54, 1.807) is 10.9 Å². The van der Waals surface area contributed by atoms with Crippen LogP contribution in [0.3, 0.4) is 0 Å². The summed E-state index contributed by atoms with van der Waals surface area (Å²) < 4.78 is 28.1. The average Bonchev–Trinajstić information content (AvgIpc) is 2.82. The average molecular weight is 286 g/mol. The third-order valence-corrected chi connectivity index (χ3v) is 4.87. The standard InChI is InChI=1S/C12H22N4O2S/c1-16-10-12(8-14-16)9-15-19(17,18)7-4-11-2-5-13-6-3-11/h8,10-11,13,15H,2-7,9H2,1H3. The van der Waals surface area contributed by atoms with Crippen molar-refractivity contribution in [1.82, 2.24) is 19.8 Å². The molecule has 0 unspecified atom stereocenters. The van der Waals surface area contributed by atoms with Gasteiger partial charge in [-0.3, -0.25) is 4.68 Å². The van der Waals surface area contributed by atoms with Gasteiger partial charge in [0.1, 0.15) is 0 Å². The number of nitrogens with zero attached hydrogens (tertiary/aromatic N) is 2. The summed E-state index contributed by atoms with van der Waals surface area (Å²) in [6.45, 7) is 2.34. The molecule has 0 radical (unpaired) electrons. The smallest absolute Gasteiger partial charge is 0.211 e. The van der Waals surface area contributed by atoms with Gasteiger partial charge in [-0.2, -0.15) is 5.10 Å². The third-order valence-electron chi connectivity index (χ3n) is 3.51. The minimum Gasteiger partial charge on any atom is -0.317 e. The molecule has 0 atom stereocenters. The molecule has 1 fully saturated rings. The van der Waals surface area contributed by atoms with E-state index in [0.29, 0.717) is 12.5 Å². The number of aromatic nitrogens is 2. The maximum atomic E-state index is 11.9. The molecule has 1 aromatic heterocycles. The highest BCUT2D eigenvalue weighted by molar-refractivity contribution is 7.89. The molecule has 0 spiro atoms. The van der Waals surface area contributed by atoms with E-state index in [1.807, 2.05) is 13.2 Å². The van der Waals surface area contributed by atoms with Gasteiger partial charge in [0.2, 0.25) is 10.0 Å². The Morgan fingerprint density at radius 1 is 1.47 bits per heavy atom. The first-order chi connectivity index (χ1) is 9.05. The summed E-state index contributed by atoms with van der Waals surface area (Å²) in [7, 11) is -1.36. The maximum Gasteiger partial charge on any atom is 0.211 e. The van der Waals surface area contributed by atoms with Crippen LogP contribution in [0.4, 0.5) is 0 Å². The summed E-state index contributed by atoms with van der Waals surface area (Å²) in [6.07, 6.45) is 6.41. The first kappa shape index (κ1) is 14.5. The van der Waals surface area contributed by atoms with Gasteiger partial charge >= 0.3 is 0 Å². The number of hydrogen-bond donors (Lipinski definition) is 2. The second-order valence-corrected chi connectivity index (χ2v) is 7.07. The Hall–Kier alpha value is -0.920. The van der Waals surface area contributed by atoms with Crippen molar-refractivity contribution in [1.29, 1.82) is 0 Å². The number of aryl methyl sites for hydroxylation is 1. The van der Waals surface area contributed by atoms with Crippen LogP contribution in [-0.4, -0.2) is 37.0 Å². The predicted octanol–water partition coefficient (Wildman–Crippen LogP) is 0.229. The summed E-state index contributed by atoms with van der Waals surface area (Å²) in [5.41, 5.74) is 0.882. The van der Waals surface area contributed by atoms with E-state index in [4.69, 9.17) is 0 Å². The van der Waals surface area contributed by atoms with Gasteiger partial charge in [0.05, 0.1) is 11.9 Å². The Balaban J connectivity index is 1.75. The van der Waals surface area contributed by atoms with E-state index in [1.165, 1.54) is 0 Å². The zero-order valence-corrected chi connectivity index (χ0v) is 12.1. The van der Waals surface area contributed by atoms with Crippen LogP contribution >= 0.6 is 0 Å². The van der Waals surface area contributed by atoms with Crippen molar-refractivity contribution in [3.05, 3.63) is 18.0 Å². The fourth-order valence-corrected chi connectivity index (χ4v) is 3.50. The zero-order chi connectivity index (χ0) is 13.7. The Morgan fingerprint density at radius 2 is 2.21 bits per heavy atom. The van der Waals surface area contributed by atoms with Crippen molar-refractivity contribution in [2.45, 2.75) is 25.8 Å². The van der Waals surface area contributed by atoms with Crippen LogP contribution in [0.2, 0.25) is 0 Å². The van der Waals surface area contributed by atoms with Gasteiger partial charge in [0, 0.05) is 25.4 Å². The zero-order valence-electron chi connectivity index (χ0n) is 11.3. The number of nitrogens with one attached hydrogen (secondary N) is 2. The van der Waals surface area contributed by atoms with Crippen LogP contribution in [0.25, 0.3) is 0 Å². The molecule has 0 aliphatic carbocycles. The lowest BCUT2D eigenvalue weighted by molar-refractivity contribution is 0.365. The van der Waals surface area contributed by atoms with Gasteiger partial charge in [-0.25, -0.2) is 13.1 Å². The molecule has 2 heterocycles. The van der Waals surface area contributed by atoms with Gasteiger partial charge < -0.3 is 5.32 Å². The first-order valence-corrected chi connectivity index (χ1v) is 8.36. The van der Waals surface area contributed by atoms with Crippen LogP contribution < -0.4 is 10.0 Å². The second kappa shape index (κ2) is 6.49. The van der Waals surface area contributed by atoms with Crippen LogP contribution in [0.5, 0.6) is 0 Å². The van der Waals surface area contributed by atoms with Crippen LogP contribution in [-0.2, 0) is 23.6 Å². The predicted molar refractivity (Wildman–Crippen MR) is 74.0 cm³/mol. The first-order valence-electron chi connectivity index (χ1n) is 6.71. The SMILES string of the molecule is Cn1cc(CNS(=O)(=O)CCC2CCNCC2)cn1. The van der Waals surface area contributed by atoms with Gasteiger partial charge in [-0.05, 0) is 38.3 Å². The van der Waals surface area contributed by atoms with Crippen LogP contribution in [0.15, 0.2) is 12.4 Å². The molecule has 1 aromatic rings. The fourth-order valence-electron chi connectivity index (χ4n) is 2.32. The van der Waals surface area contributed by atoms with Crippen molar-refractivity contribution in [2.24, 2.45) is 13.0 Å². The highest BCUT2D eigenvalue weighted by Crippen LogP contribution is 2.16. The van der Waals surface area contributed by atoms with Crippen molar-refractivity contribution in [3.8, 4) is 0 Å². The molecule has 0 bridgehead atoms. The number of sulfonamides is 1. The van der Waals surface area contributed by atoms with E-state index >= 15 is 0 Å². The van der Waals surface area contributed by atoms with E-state index in [9.17, 15) is 8.42 Å². The molecule has 0 aromatic carbocycles. The molecular weight excluding hydrogens is 264 g/mol. The molecular formula is C12H22N4O2S. The Bertz CT molecular complexity index is 492. The molecule has 1 saturated heterocycles. The minimum atomic E-state index is -3.18. The van der Waals surface area contributed by atoms with Crippen molar-refractivity contribution in [2.75, 3.05) is 18.8 Å². The Morgan fingerprint density at radius 3 is 2.84 bits per heavy atom. The molecule has 2 rings (SSSR count). The lowest BCUT2D eigenvalue weighted by atomic mass is 9.96. The van der Waals surface area contributed by atoms with Crippen molar-refractivity contribution < 1.29 is 8.42 Å². The van der Waals surface area contributed by atoms with E-state index in [0.717, 1.165) is 37.9 Å². The normalized spacial score (nSPS) is 17.7. The molecule has 19 heavy (non-hydrogen) atoms. The summed E-state index contributed by atoms with van der Waals surface area (Å²) in [5, 5.41) is 7.30. The Labute approximate surface area is 114 Å². The fraction of sp³-hybridized carbons (Fsp3) is 0.750. The van der Waals surface area contributed by atoms with Crippen LogP contribution in [0.1, 0.15) is 24.8 Å². The Kier molecular flexibility index (Phi) is 4.95. The number of rotatable bonds is 6. The third kappa shape index (κ3) is 4.93. The molecule has 2 N–H and O–H groups in total. The lowest BCUT2D eigenvalue weighted by Crippen LogP contribution is -2.31. The molecule has 7 heteroatoms. The largest absolute Gasteiger partial charge is 0.317 e. The number of piperidine rings is 1. The molecule has 1 aliphatic rings. The van der Waals surface area contributed by atoms with Crippen molar-refractivity contribution in [3.63, 3.8) is 0 Å². The van der Waals surface area contributed by atoms with Crippen LogP contribution in [0, 0.1) is 5.92 Å². The van der Waals surface area contributed by atoms with Gasteiger partial charge in [-0.15, -0.1) is 0 Å². The van der Waals surface area contributed by atoms with E-state index < -0.39 is 10.0 Å². The van der Waals surface area contributed by atoms with E-state index in [2.05, 4.69) is 15.1 Å². The summed E-state index contributed by atoms with van der Waals surface area (Å²) in [4.78, 5) is 0. The molecule has 6 nitrogen and oxygen atoms in total. The van der Waals surface area contributed by atoms with Gasteiger partial charge in [0.15, 0.2) is 0 Å². The maximum absolute atomic E-state index is 11.9. The summed E-state index contributed by atoms with van der Waals surface area (Å²) in [5.74, 6) is 0.758. The topological polar surface area (TPSA) is 76.0 Å². The summed E-state index contributed by atoms with van der Waals surface area (Å²) in [6, 6.07) is 0. The monoisotopic (exact) mass is 286 g/mol. The highest BCUT2D eigenvalue weighted by Gasteiger charge is 2.17. The summed E-state index contributed by atoms with van der Waals surface area (Å²) >= 11 is 0. The second-order valence-electron chi connectivity index (χ2n) is 5.14.